The summed E-state index contributed by atoms with van der Waals surface area (Å²) in [6, 6.07) is 0. The van der Waals surface area contributed by atoms with Crippen molar-refractivity contribution in [2.24, 2.45) is 16.1 Å². The fourth-order valence-corrected chi connectivity index (χ4v) is 1.04. The summed E-state index contributed by atoms with van der Waals surface area (Å²) in [6.45, 7) is 4.20. The molecule has 0 aliphatic carbocycles. The first-order valence-corrected chi connectivity index (χ1v) is 3.80. The Labute approximate surface area is 66.2 Å². The number of carbonyl (C=O) groups is 1. The van der Waals surface area contributed by atoms with Crippen LogP contribution in [0.5, 0.6) is 0 Å². The Morgan fingerprint density at radius 1 is 1.64 bits per heavy atom. The molecule has 0 saturated carbocycles. The van der Waals surface area contributed by atoms with Gasteiger partial charge in [-0.2, -0.15) is 10.2 Å². The smallest absolute Gasteiger partial charge is 0.181 e. The molecule has 60 valence electrons. The first-order valence-electron chi connectivity index (χ1n) is 3.80. The molecule has 3 nitrogen and oxygen atoms in total. The SMILES string of the molecule is CC(C)CC1=NN=CC(=O)C1. The first-order chi connectivity index (χ1) is 5.18. The summed E-state index contributed by atoms with van der Waals surface area (Å²) in [5.74, 6) is 0.616. The molecule has 1 aliphatic heterocycles. The topological polar surface area (TPSA) is 41.8 Å². The van der Waals surface area contributed by atoms with Crippen LogP contribution in [-0.4, -0.2) is 17.7 Å². The molecule has 0 spiro atoms. The average molecular weight is 152 g/mol. The second kappa shape index (κ2) is 3.42. The molecule has 0 aromatic rings. The van der Waals surface area contributed by atoms with E-state index in [1.54, 1.807) is 0 Å². The van der Waals surface area contributed by atoms with Crippen LogP contribution in [-0.2, 0) is 4.79 Å². The summed E-state index contributed by atoms with van der Waals surface area (Å²) in [5.41, 5.74) is 0.910. The highest BCUT2D eigenvalue weighted by Crippen LogP contribution is 2.07. The van der Waals surface area contributed by atoms with Crippen molar-refractivity contribution in [2.45, 2.75) is 26.7 Å². The van der Waals surface area contributed by atoms with Crippen molar-refractivity contribution >= 4 is 17.7 Å². The molecule has 0 saturated heterocycles. The van der Waals surface area contributed by atoms with Crippen LogP contribution >= 0.6 is 0 Å². The summed E-state index contributed by atoms with van der Waals surface area (Å²) in [4.78, 5) is 10.8. The summed E-state index contributed by atoms with van der Waals surface area (Å²) in [7, 11) is 0. The van der Waals surface area contributed by atoms with Crippen LogP contribution in [0.2, 0.25) is 0 Å². The Morgan fingerprint density at radius 3 is 2.91 bits per heavy atom. The summed E-state index contributed by atoms with van der Waals surface area (Å²) in [6.07, 6.45) is 2.62. The zero-order valence-electron chi connectivity index (χ0n) is 6.87. The molecule has 0 radical (unpaired) electrons. The average Bonchev–Trinajstić information content (AvgIpc) is 1.85. The monoisotopic (exact) mass is 152 g/mol. The number of rotatable bonds is 2. The third-order valence-electron chi connectivity index (χ3n) is 1.42. The Kier molecular flexibility index (Phi) is 2.52. The minimum Gasteiger partial charge on any atom is -0.293 e. The van der Waals surface area contributed by atoms with Gasteiger partial charge in [-0.05, 0) is 12.3 Å². The number of Topliss-reactive ketones (excluding diaryl/α,β-unsaturated/α-hetero) is 1. The molecule has 0 atom stereocenters. The Bertz CT molecular complexity index is 216. The number of hydrogen-bond acceptors (Lipinski definition) is 3. The standard InChI is InChI=1S/C8H12N2O/c1-6(2)3-7-4-8(11)5-9-10-7/h5-6H,3-4H2,1-2H3. The Hall–Kier alpha value is -0.990. The van der Waals surface area contributed by atoms with Crippen LogP contribution in [0.15, 0.2) is 10.2 Å². The Balaban J connectivity index is 2.52. The number of hydrogen-bond donors (Lipinski definition) is 0. The van der Waals surface area contributed by atoms with Crippen molar-refractivity contribution in [2.75, 3.05) is 0 Å². The molecule has 3 heteroatoms. The van der Waals surface area contributed by atoms with Crippen molar-refractivity contribution in [3.63, 3.8) is 0 Å². The number of ketones is 1. The Morgan fingerprint density at radius 2 is 2.36 bits per heavy atom. The van der Waals surface area contributed by atoms with Crippen LogP contribution in [0.4, 0.5) is 0 Å². The molecule has 0 fully saturated rings. The second-order valence-corrected chi connectivity index (χ2v) is 3.15. The summed E-state index contributed by atoms with van der Waals surface area (Å²) < 4.78 is 0. The van der Waals surface area contributed by atoms with Crippen LogP contribution in [0.25, 0.3) is 0 Å². The van der Waals surface area contributed by atoms with E-state index in [1.807, 2.05) is 0 Å². The minimum absolute atomic E-state index is 0.0654. The molecule has 1 aliphatic rings. The van der Waals surface area contributed by atoms with Gasteiger partial charge >= 0.3 is 0 Å². The lowest BCUT2D eigenvalue weighted by Crippen LogP contribution is -2.14. The summed E-state index contributed by atoms with van der Waals surface area (Å²) in [5, 5.41) is 7.49. The largest absolute Gasteiger partial charge is 0.293 e. The number of nitrogens with zero attached hydrogens (tertiary/aromatic N) is 2. The van der Waals surface area contributed by atoms with Crippen molar-refractivity contribution < 1.29 is 4.79 Å². The van der Waals surface area contributed by atoms with Gasteiger partial charge in [-0.15, -0.1) is 0 Å². The highest BCUT2D eigenvalue weighted by molar-refractivity contribution is 6.33. The van der Waals surface area contributed by atoms with Gasteiger partial charge in [0.05, 0.1) is 12.6 Å². The van der Waals surface area contributed by atoms with Gasteiger partial charge in [-0.1, -0.05) is 13.8 Å². The van der Waals surface area contributed by atoms with Crippen LogP contribution < -0.4 is 0 Å². The normalized spacial score (nSPS) is 17.4. The lowest BCUT2D eigenvalue weighted by Gasteiger charge is -2.07. The molecule has 0 aromatic heterocycles. The molecular weight excluding hydrogens is 140 g/mol. The van der Waals surface area contributed by atoms with E-state index in [4.69, 9.17) is 0 Å². The van der Waals surface area contributed by atoms with Gasteiger partial charge in [-0.3, -0.25) is 4.79 Å². The van der Waals surface area contributed by atoms with Crippen molar-refractivity contribution in [1.82, 2.24) is 0 Å². The van der Waals surface area contributed by atoms with Gasteiger partial charge in [0.25, 0.3) is 0 Å². The third kappa shape index (κ3) is 2.62. The van der Waals surface area contributed by atoms with Crippen LogP contribution in [0.1, 0.15) is 26.7 Å². The molecule has 0 N–H and O–H groups in total. The van der Waals surface area contributed by atoms with E-state index < -0.39 is 0 Å². The molecule has 1 rings (SSSR count). The zero-order chi connectivity index (χ0) is 8.27. The maximum atomic E-state index is 10.8. The minimum atomic E-state index is 0.0654. The van der Waals surface area contributed by atoms with Gasteiger partial charge in [-0.25, -0.2) is 0 Å². The zero-order valence-corrected chi connectivity index (χ0v) is 6.87. The van der Waals surface area contributed by atoms with Gasteiger partial charge in [0.1, 0.15) is 0 Å². The highest BCUT2D eigenvalue weighted by atomic mass is 16.1. The van der Waals surface area contributed by atoms with Crippen LogP contribution in [0, 0.1) is 5.92 Å². The molecule has 0 amide bonds. The van der Waals surface area contributed by atoms with Crippen molar-refractivity contribution in [1.29, 1.82) is 0 Å². The molecule has 11 heavy (non-hydrogen) atoms. The fourth-order valence-electron chi connectivity index (χ4n) is 1.04. The highest BCUT2D eigenvalue weighted by Gasteiger charge is 2.10. The van der Waals surface area contributed by atoms with E-state index in [0.29, 0.717) is 12.3 Å². The van der Waals surface area contributed by atoms with Gasteiger partial charge in [0.2, 0.25) is 0 Å². The third-order valence-corrected chi connectivity index (χ3v) is 1.42. The molecule has 0 bridgehead atoms. The number of carbonyl (C=O) groups excluding carboxylic acids is 1. The van der Waals surface area contributed by atoms with Gasteiger partial charge < -0.3 is 0 Å². The molecule has 0 unspecified atom stereocenters. The van der Waals surface area contributed by atoms with Crippen molar-refractivity contribution in [3.05, 3.63) is 0 Å². The lowest BCUT2D eigenvalue weighted by molar-refractivity contribution is -0.111. The predicted molar refractivity (Wildman–Crippen MR) is 45.0 cm³/mol. The van der Waals surface area contributed by atoms with E-state index in [1.165, 1.54) is 6.21 Å². The molecule has 0 aromatic carbocycles. The van der Waals surface area contributed by atoms with Gasteiger partial charge in [0.15, 0.2) is 5.78 Å². The lowest BCUT2D eigenvalue weighted by atomic mass is 10.0. The first kappa shape index (κ1) is 8.11. The predicted octanol–water partition coefficient (Wildman–Crippen LogP) is 1.43. The van der Waals surface area contributed by atoms with Crippen LogP contribution in [0.3, 0.4) is 0 Å². The van der Waals surface area contributed by atoms with E-state index in [9.17, 15) is 4.79 Å². The fraction of sp³-hybridized carbons (Fsp3) is 0.625. The maximum Gasteiger partial charge on any atom is 0.181 e. The van der Waals surface area contributed by atoms with Gasteiger partial charge in [0, 0.05) is 5.71 Å². The van der Waals surface area contributed by atoms with E-state index >= 15 is 0 Å². The summed E-state index contributed by atoms with van der Waals surface area (Å²) >= 11 is 0. The molecule has 1 heterocycles. The molecular formula is C8H12N2O. The van der Waals surface area contributed by atoms with E-state index in [-0.39, 0.29) is 5.78 Å². The van der Waals surface area contributed by atoms with Crippen molar-refractivity contribution in [3.8, 4) is 0 Å². The van der Waals surface area contributed by atoms with E-state index in [2.05, 4.69) is 24.1 Å². The second-order valence-electron chi connectivity index (χ2n) is 3.15. The maximum absolute atomic E-state index is 10.8. The van der Waals surface area contributed by atoms with E-state index in [0.717, 1.165) is 12.1 Å². The quantitative estimate of drug-likeness (QED) is 0.590.